The maximum absolute atomic E-state index is 10.8. The molecule has 3 nitrogen and oxygen atoms in total. The van der Waals surface area contributed by atoms with Crippen molar-refractivity contribution in [3.05, 3.63) is 40.0 Å². The summed E-state index contributed by atoms with van der Waals surface area (Å²) >= 11 is 3.50. The standard InChI is InChI=1S/C13H12BrNO2/c1-8(13(16)17)6-10-7-9-4-3-5-11(14)12(9)15(10)2/h3-7H,1-2H3,(H,16,17). The molecule has 0 saturated carbocycles. The molecular formula is C13H12BrNO2. The summed E-state index contributed by atoms with van der Waals surface area (Å²) < 4.78 is 2.98. The lowest BCUT2D eigenvalue weighted by atomic mass is 10.2. The second-order valence-corrected chi connectivity index (χ2v) is 4.79. The van der Waals surface area contributed by atoms with Crippen LogP contribution in [0.5, 0.6) is 0 Å². The average molecular weight is 294 g/mol. The quantitative estimate of drug-likeness (QED) is 0.862. The summed E-state index contributed by atoms with van der Waals surface area (Å²) in [6.07, 6.45) is 1.68. The number of halogens is 1. The zero-order valence-corrected chi connectivity index (χ0v) is 11.2. The van der Waals surface area contributed by atoms with E-state index in [1.807, 2.05) is 35.9 Å². The van der Waals surface area contributed by atoms with Gasteiger partial charge in [0.05, 0.1) is 5.52 Å². The minimum absolute atomic E-state index is 0.326. The van der Waals surface area contributed by atoms with E-state index in [2.05, 4.69) is 15.9 Å². The number of para-hydroxylation sites is 1. The van der Waals surface area contributed by atoms with E-state index in [0.29, 0.717) is 5.57 Å². The minimum atomic E-state index is -0.894. The molecule has 0 aliphatic carbocycles. The van der Waals surface area contributed by atoms with Crippen LogP contribution in [0.4, 0.5) is 0 Å². The Morgan fingerprint density at radius 3 is 2.76 bits per heavy atom. The highest BCUT2D eigenvalue weighted by atomic mass is 79.9. The van der Waals surface area contributed by atoms with Crippen LogP contribution in [0.1, 0.15) is 12.6 Å². The molecule has 2 rings (SSSR count). The van der Waals surface area contributed by atoms with Gasteiger partial charge in [0.15, 0.2) is 0 Å². The molecule has 1 heterocycles. The van der Waals surface area contributed by atoms with Crippen LogP contribution in [0.25, 0.3) is 17.0 Å². The molecule has 0 atom stereocenters. The molecule has 88 valence electrons. The van der Waals surface area contributed by atoms with Gasteiger partial charge in [-0.15, -0.1) is 0 Å². The maximum Gasteiger partial charge on any atom is 0.331 e. The number of carboxylic acids is 1. The first-order chi connectivity index (χ1) is 8.00. The molecule has 0 unspecified atom stereocenters. The Bertz CT molecular complexity index is 626. The molecule has 1 aromatic heterocycles. The number of hydrogen-bond donors (Lipinski definition) is 1. The van der Waals surface area contributed by atoms with Gasteiger partial charge in [-0.05, 0) is 41.1 Å². The fourth-order valence-electron chi connectivity index (χ4n) is 1.81. The molecule has 4 heteroatoms. The van der Waals surface area contributed by atoms with E-state index < -0.39 is 5.97 Å². The number of aryl methyl sites for hydroxylation is 1. The lowest BCUT2D eigenvalue weighted by Crippen LogP contribution is -1.97. The molecule has 0 spiro atoms. The van der Waals surface area contributed by atoms with E-state index in [9.17, 15) is 4.79 Å². The molecule has 17 heavy (non-hydrogen) atoms. The van der Waals surface area contributed by atoms with Crippen molar-refractivity contribution < 1.29 is 9.90 Å². The Hall–Kier alpha value is -1.55. The molecule has 0 radical (unpaired) electrons. The van der Waals surface area contributed by atoms with Crippen LogP contribution in [0.15, 0.2) is 34.3 Å². The second kappa shape index (κ2) is 4.37. The fraction of sp³-hybridized carbons (Fsp3) is 0.154. The van der Waals surface area contributed by atoms with Gasteiger partial charge < -0.3 is 9.67 Å². The molecule has 0 aliphatic heterocycles. The minimum Gasteiger partial charge on any atom is -0.478 e. The number of fused-ring (bicyclic) bond motifs is 1. The molecule has 0 bridgehead atoms. The van der Waals surface area contributed by atoms with Crippen LogP contribution in [0, 0.1) is 0 Å². The van der Waals surface area contributed by atoms with E-state index in [0.717, 1.165) is 21.1 Å². The number of carbonyl (C=O) groups is 1. The van der Waals surface area contributed by atoms with Gasteiger partial charge in [-0.3, -0.25) is 0 Å². The molecule has 2 aromatic rings. The third-order valence-corrected chi connectivity index (χ3v) is 3.39. The summed E-state index contributed by atoms with van der Waals surface area (Å²) in [7, 11) is 1.92. The second-order valence-electron chi connectivity index (χ2n) is 3.94. The number of benzene rings is 1. The van der Waals surface area contributed by atoms with Crippen LogP contribution in [0.3, 0.4) is 0 Å². The Morgan fingerprint density at radius 2 is 2.18 bits per heavy atom. The number of carboxylic acid groups (broad SMARTS) is 1. The van der Waals surface area contributed by atoms with Crippen molar-refractivity contribution in [1.29, 1.82) is 0 Å². The van der Waals surface area contributed by atoms with Crippen LogP contribution >= 0.6 is 15.9 Å². The molecular weight excluding hydrogens is 282 g/mol. The van der Waals surface area contributed by atoms with Crippen molar-refractivity contribution in [2.45, 2.75) is 6.92 Å². The molecule has 0 saturated heterocycles. The van der Waals surface area contributed by atoms with Gasteiger partial charge in [0.1, 0.15) is 0 Å². The third kappa shape index (κ3) is 2.13. The summed E-state index contributed by atoms with van der Waals surface area (Å²) in [6.45, 7) is 1.59. The van der Waals surface area contributed by atoms with E-state index in [-0.39, 0.29) is 0 Å². The Kier molecular flexibility index (Phi) is 3.07. The predicted molar refractivity (Wildman–Crippen MR) is 71.9 cm³/mol. The normalized spacial score (nSPS) is 12.1. The Balaban J connectivity index is 2.65. The van der Waals surface area contributed by atoms with Crippen LogP contribution < -0.4 is 0 Å². The van der Waals surface area contributed by atoms with Crippen molar-refractivity contribution in [2.24, 2.45) is 7.05 Å². The van der Waals surface area contributed by atoms with Gasteiger partial charge in [-0.2, -0.15) is 0 Å². The third-order valence-electron chi connectivity index (χ3n) is 2.75. The topological polar surface area (TPSA) is 42.2 Å². The fourth-order valence-corrected chi connectivity index (χ4v) is 2.46. The largest absolute Gasteiger partial charge is 0.478 e. The van der Waals surface area contributed by atoms with Crippen LogP contribution in [-0.2, 0) is 11.8 Å². The zero-order valence-electron chi connectivity index (χ0n) is 9.57. The van der Waals surface area contributed by atoms with Gasteiger partial charge in [0.2, 0.25) is 0 Å². The number of nitrogens with zero attached hydrogens (tertiary/aromatic N) is 1. The lowest BCUT2D eigenvalue weighted by Gasteiger charge is -2.02. The molecule has 1 N–H and O–H groups in total. The zero-order chi connectivity index (χ0) is 12.6. The highest BCUT2D eigenvalue weighted by molar-refractivity contribution is 9.10. The lowest BCUT2D eigenvalue weighted by molar-refractivity contribution is -0.132. The van der Waals surface area contributed by atoms with Gasteiger partial charge in [0.25, 0.3) is 0 Å². The molecule has 0 amide bonds. The summed E-state index contributed by atoms with van der Waals surface area (Å²) in [5, 5.41) is 9.97. The van der Waals surface area contributed by atoms with Crippen molar-refractivity contribution >= 4 is 38.9 Å². The first-order valence-corrected chi connectivity index (χ1v) is 5.95. The SMILES string of the molecule is CC(=Cc1cc2cccc(Br)c2n1C)C(=O)O. The van der Waals surface area contributed by atoms with Crippen molar-refractivity contribution in [2.75, 3.05) is 0 Å². The summed E-state index contributed by atoms with van der Waals surface area (Å²) in [4.78, 5) is 10.8. The maximum atomic E-state index is 10.8. The summed E-state index contributed by atoms with van der Waals surface area (Å²) in [5.41, 5.74) is 2.27. The smallest absolute Gasteiger partial charge is 0.331 e. The number of aromatic nitrogens is 1. The van der Waals surface area contributed by atoms with E-state index in [1.54, 1.807) is 13.0 Å². The van der Waals surface area contributed by atoms with E-state index in [4.69, 9.17) is 5.11 Å². The van der Waals surface area contributed by atoms with Crippen molar-refractivity contribution in [3.8, 4) is 0 Å². The average Bonchev–Trinajstić information content (AvgIpc) is 2.57. The summed E-state index contributed by atoms with van der Waals surface area (Å²) in [5.74, 6) is -0.894. The summed E-state index contributed by atoms with van der Waals surface area (Å²) in [6, 6.07) is 7.92. The van der Waals surface area contributed by atoms with E-state index in [1.165, 1.54) is 0 Å². The highest BCUT2D eigenvalue weighted by Crippen LogP contribution is 2.27. The van der Waals surface area contributed by atoms with Crippen molar-refractivity contribution in [1.82, 2.24) is 4.57 Å². The Morgan fingerprint density at radius 1 is 1.47 bits per heavy atom. The van der Waals surface area contributed by atoms with Crippen molar-refractivity contribution in [3.63, 3.8) is 0 Å². The van der Waals surface area contributed by atoms with Gasteiger partial charge >= 0.3 is 5.97 Å². The van der Waals surface area contributed by atoms with Gasteiger partial charge in [-0.1, -0.05) is 12.1 Å². The number of hydrogen-bond acceptors (Lipinski definition) is 1. The predicted octanol–water partition coefficient (Wildman–Crippen LogP) is 3.43. The highest BCUT2D eigenvalue weighted by Gasteiger charge is 2.08. The van der Waals surface area contributed by atoms with Gasteiger partial charge in [0, 0.05) is 28.2 Å². The first kappa shape index (κ1) is 11.9. The first-order valence-electron chi connectivity index (χ1n) is 5.16. The molecule has 1 aromatic carbocycles. The molecule has 0 fully saturated rings. The van der Waals surface area contributed by atoms with Crippen LogP contribution in [0.2, 0.25) is 0 Å². The number of aliphatic carboxylic acids is 1. The monoisotopic (exact) mass is 293 g/mol. The number of rotatable bonds is 2. The van der Waals surface area contributed by atoms with Gasteiger partial charge in [-0.25, -0.2) is 4.79 Å². The van der Waals surface area contributed by atoms with Crippen LogP contribution in [-0.4, -0.2) is 15.6 Å². The molecule has 0 aliphatic rings. The van der Waals surface area contributed by atoms with E-state index >= 15 is 0 Å². The Labute approximate surface area is 107 Å².